The lowest BCUT2D eigenvalue weighted by Gasteiger charge is -2.31. The fraction of sp³-hybridized carbons (Fsp3) is 0.471. The molecule has 136 valence electrons. The maximum Gasteiger partial charge on any atom is 0.330 e. The summed E-state index contributed by atoms with van der Waals surface area (Å²) in [4.78, 5) is 28.3. The van der Waals surface area contributed by atoms with Crippen molar-refractivity contribution < 1.29 is 24.6 Å². The number of benzene rings is 1. The number of nitrogens with zero attached hydrogens (tertiary/aromatic N) is 2. The predicted octanol–water partition coefficient (Wildman–Crippen LogP) is 1.87. The van der Waals surface area contributed by atoms with Crippen LogP contribution in [0, 0.1) is 16.0 Å². The summed E-state index contributed by atoms with van der Waals surface area (Å²) in [7, 11) is 0. The highest BCUT2D eigenvalue weighted by Gasteiger charge is 2.20. The van der Waals surface area contributed by atoms with Gasteiger partial charge in [0.2, 0.25) is 0 Å². The number of ether oxygens (including phenoxy) is 1. The van der Waals surface area contributed by atoms with Gasteiger partial charge in [-0.1, -0.05) is 12.1 Å². The van der Waals surface area contributed by atoms with Gasteiger partial charge in [-0.25, -0.2) is 4.79 Å². The summed E-state index contributed by atoms with van der Waals surface area (Å²) in [5, 5.41) is 18.5. The minimum atomic E-state index is -0.780. The van der Waals surface area contributed by atoms with Crippen molar-refractivity contribution in [3.63, 3.8) is 0 Å². The summed E-state index contributed by atoms with van der Waals surface area (Å²) in [5.74, 6) is 0.0876. The number of carbonyl (C=O) groups is 1. The first kappa shape index (κ1) is 18.7. The van der Waals surface area contributed by atoms with Gasteiger partial charge in [-0.05, 0) is 55.6 Å². The molecule has 1 aliphatic heterocycles. The van der Waals surface area contributed by atoms with Crippen LogP contribution in [0.3, 0.4) is 0 Å². The number of piperidine rings is 1. The van der Waals surface area contributed by atoms with Crippen LogP contribution in [-0.4, -0.2) is 53.9 Å². The van der Waals surface area contributed by atoms with Crippen molar-refractivity contribution in [3.8, 4) is 5.75 Å². The Balaban J connectivity index is 1.62. The highest BCUT2D eigenvalue weighted by atomic mass is 16.9. The third kappa shape index (κ3) is 7.21. The SMILES string of the molecule is O=C(/C=C/c1ccc(O)cc1)OCC1CCN(CCO[N+](=O)[O-])CC1. The van der Waals surface area contributed by atoms with Crippen LogP contribution in [0.2, 0.25) is 0 Å². The molecule has 8 heteroatoms. The second-order valence-electron chi connectivity index (χ2n) is 5.90. The number of carbonyl (C=O) groups excluding carboxylic acids is 1. The lowest BCUT2D eigenvalue weighted by Crippen LogP contribution is -2.37. The minimum absolute atomic E-state index is 0.0781. The molecular formula is C17H22N2O6. The molecule has 1 saturated heterocycles. The molecular weight excluding hydrogens is 328 g/mol. The lowest BCUT2D eigenvalue weighted by atomic mass is 9.98. The summed E-state index contributed by atoms with van der Waals surface area (Å²) >= 11 is 0. The van der Waals surface area contributed by atoms with Gasteiger partial charge in [0, 0.05) is 12.6 Å². The Labute approximate surface area is 145 Å². The van der Waals surface area contributed by atoms with Gasteiger partial charge in [0.05, 0.1) is 6.61 Å². The summed E-state index contributed by atoms with van der Waals surface area (Å²) in [6, 6.07) is 6.51. The highest BCUT2D eigenvalue weighted by molar-refractivity contribution is 5.87. The average Bonchev–Trinajstić information content (AvgIpc) is 2.60. The van der Waals surface area contributed by atoms with Crippen LogP contribution in [-0.2, 0) is 14.4 Å². The summed E-state index contributed by atoms with van der Waals surface area (Å²) in [6.07, 6.45) is 4.77. The molecule has 2 rings (SSSR count). The quantitative estimate of drug-likeness (QED) is 0.330. The summed E-state index contributed by atoms with van der Waals surface area (Å²) in [6.45, 7) is 2.61. The van der Waals surface area contributed by atoms with E-state index in [1.807, 2.05) is 0 Å². The number of aromatic hydroxyl groups is 1. The Morgan fingerprint density at radius 3 is 2.64 bits per heavy atom. The Bertz CT molecular complexity index is 594. The zero-order valence-electron chi connectivity index (χ0n) is 13.9. The first-order valence-electron chi connectivity index (χ1n) is 8.16. The Hall–Kier alpha value is -2.61. The van der Waals surface area contributed by atoms with Crippen LogP contribution in [0.25, 0.3) is 6.08 Å². The molecule has 0 aliphatic carbocycles. The number of phenols is 1. The van der Waals surface area contributed by atoms with Crippen molar-refractivity contribution in [2.75, 3.05) is 32.8 Å². The molecule has 8 nitrogen and oxygen atoms in total. The van der Waals surface area contributed by atoms with E-state index >= 15 is 0 Å². The van der Waals surface area contributed by atoms with Crippen LogP contribution in [0.4, 0.5) is 0 Å². The maximum absolute atomic E-state index is 11.7. The van der Waals surface area contributed by atoms with Crippen LogP contribution >= 0.6 is 0 Å². The van der Waals surface area contributed by atoms with Crippen LogP contribution < -0.4 is 0 Å². The van der Waals surface area contributed by atoms with Crippen molar-refractivity contribution in [2.24, 2.45) is 5.92 Å². The van der Waals surface area contributed by atoms with E-state index in [1.165, 1.54) is 6.08 Å². The van der Waals surface area contributed by atoms with E-state index in [1.54, 1.807) is 30.3 Å². The third-order valence-electron chi connectivity index (χ3n) is 4.08. The first-order chi connectivity index (χ1) is 12.0. The van der Waals surface area contributed by atoms with Crippen molar-refractivity contribution in [1.82, 2.24) is 4.90 Å². The number of phenolic OH excluding ortho intramolecular Hbond substituents is 1. The fourth-order valence-electron chi connectivity index (χ4n) is 2.62. The Morgan fingerprint density at radius 2 is 2.00 bits per heavy atom. The number of hydrogen-bond acceptors (Lipinski definition) is 7. The Morgan fingerprint density at radius 1 is 1.32 bits per heavy atom. The zero-order chi connectivity index (χ0) is 18.1. The van der Waals surface area contributed by atoms with Gasteiger partial charge in [0.15, 0.2) is 0 Å². The summed E-state index contributed by atoms with van der Waals surface area (Å²) < 4.78 is 5.27. The van der Waals surface area contributed by atoms with Crippen molar-refractivity contribution in [3.05, 3.63) is 46.0 Å². The van der Waals surface area contributed by atoms with E-state index in [-0.39, 0.29) is 12.4 Å². The second kappa shape index (κ2) is 9.63. The monoisotopic (exact) mass is 350 g/mol. The molecule has 0 unspecified atom stereocenters. The van der Waals surface area contributed by atoms with E-state index < -0.39 is 11.1 Å². The molecule has 0 radical (unpaired) electrons. The standard InChI is InChI=1S/C17H22N2O6/c20-16-4-1-14(2-5-16)3-6-17(21)24-13-15-7-9-18(10-8-15)11-12-25-19(22)23/h1-6,15,20H,7-13H2/b6-3+. The van der Waals surface area contributed by atoms with E-state index in [2.05, 4.69) is 9.74 Å². The molecule has 1 aromatic carbocycles. The molecule has 0 atom stereocenters. The van der Waals surface area contributed by atoms with Gasteiger partial charge in [-0.2, -0.15) is 0 Å². The van der Waals surface area contributed by atoms with Crippen LogP contribution in [0.15, 0.2) is 30.3 Å². The lowest BCUT2D eigenvalue weighted by molar-refractivity contribution is -0.757. The first-order valence-corrected chi connectivity index (χ1v) is 8.16. The van der Waals surface area contributed by atoms with Crippen molar-refractivity contribution >= 4 is 12.0 Å². The van der Waals surface area contributed by atoms with Gasteiger partial charge < -0.3 is 19.6 Å². The van der Waals surface area contributed by atoms with Gasteiger partial charge in [0.1, 0.15) is 12.4 Å². The topological polar surface area (TPSA) is 102 Å². The largest absolute Gasteiger partial charge is 0.508 e. The normalized spacial score (nSPS) is 16.0. The number of hydrogen-bond donors (Lipinski definition) is 1. The number of esters is 1. The molecule has 0 amide bonds. The average molecular weight is 350 g/mol. The van der Waals surface area contributed by atoms with Gasteiger partial charge in [-0.15, -0.1) is 10.1 Å². The molecule has 0 saturated carbocycles. The van der Waals surface area contributed by atoms with Gasteiger partial charge in [0.25, 0.3) is 5.09 Å². The molecule has 1 fully saturated rings. The Kier molecular flexibility index (Phi) is 7.21. The van der Waals surface area contributed by atoms with Crippen LogP contribution in [0.1, 0.15) is 18.4 Å². The van der Waals surface area contributed by atoms with E-state index in [0.717, 1.165) is 31.5 Å². The van der Waals surface area contributed by atoms with Crippen molar-refractivity contribution in [1.29, 1.82) is 0 Å². The third-order valence-corrected chi connectivity index (χ3v) is 4.08. The zero-order valence-corrected chi connectivity index (χ0v) is 13.9. The molecule has 0 spiro atoms. The second-order valence-corrected chi connectivity index (χ2v) is 5.90. The molecule has 1 heterocycles. The maximum atomic E-state index is 11.7. The van der Waals surface area contributed by atoms with E-state index in [4.69, 9.17) is 4.74 Å². The molecule has 25 heavy (non-hydrogen) atoms. The minimum Gasteiger partial charge on any atom is -0.508 e. The smallest absolute Gasteiger partial charge is 0.330 e. The predicted molar refractivity (Wildman–Crippen MR) is 90.2 cm³/mol. The highest BCUT2D eigenvalue weighted by Crippen LogP contribution is 2.17. The van der Waals surface area contributed by atoms with Crippen LogP contribution in [0.5, 0.6) is 5.75 Å². The number of rotatable bonds is 8. The summed E-state index contributed by atoms with van der Waals surface area (Å²) in [5.41, 5.74) is 0.806. The van der Waals surface area contributed by atoms with Crippen molar-refractivity contribution in [2.45, 2.75) is 12.8 Å². The van der Waals surface area contributed by atoms with E-state index in [9.17, 15) is 20.0 Å². The molecule has 1 N–H and O–H groups in total. The fourth-order valence-corrected chi connectivity index (χ4v) is 2.62. The molecule has 1 aliphatic rings. The molecule has 0 bridgehead atoms. The van der Waals surface area contributed by atoms with Gasteiger partial charge in [-0.3, -0.25) is 0 Å². The van der Waals surface area contributed by atoms with E-state index in [0.29, 0.717) is 19.1 Å². The molecule has 0 aromatic heterocycles. The van der Waals surface area contributed by atoms with Gasteiger partial charge >= 0.3 is 5.97 Å². The molecule has 1 aromatic rings. The number of likely N-dealkylation sites (tertiary alicyclic amines) is 1.